The second kappa shape index (κ2) is 5.07. The van der Waals surface area contributed by atoms with Crippen molar-refractivity contribution < 1.29 is 9.59 Å². The molecule has 2 amide bonds. The van der Waals surface area contributed by atoms with Crippen LogP contribution in [0.1, 0.15) is 31.8 Å². The van der Waals surface area contributed by atoms with Gasteiger partial charge in [-0.05, 0) is 53.6 Å². The molecule has 2 aliphatic rings. The fraction of sp³-hybridized carbons (Fsp3) is 0.100. The van der Waals surface area contributed by atoms with E-state index in [2.05, 4.69) is 0 Å². The predicted molar refractivity (Wildman–Crippen MR) is 99.0 cm³/mol. The van der Waals surface area contributed by atoms with E-state index in [9.17, 15) is 9.59 Å². The molecule has 0 aromatic heterocycles. The molecule has 25 heavy (non-hydrogen) atoms. The number of aryl methyl sites for hydroxylation is 2. The fourth-order valence-electron chi connectivity index (χ4n) is 3.90. The first-order valence-electron chi connectivity index (χ1n) is 7.98. The Bertz CT molecular complexity index is 1060. The highest BCUT2D eigenvalue weighted by molar-refractivity contribution is 6.46. The van der Waals surface area contributed by atoms with E-state index in [4.69, 9.17) is 23.2 Å². The van der Waals surface area contributed by atoms with Gasteiger partial charge in [-0.1, -0.05) is 41.4 Å². The van der Waals surface area contributed by atoms with Crippen LogP contribution < -0.4 is 4.90 Å². The molecule has 0 saturated carbocycles. The maximum Gasteiger partial charge on any atom is 0.266 e. The third-order valence-electron chi connectivity index (χ3n) is 5.04. The zero-order valence-electron chi connectivity index (χ0n) is 13.0. The number of hydrogen-bond acceptors (Lipinski definition) is 2. The second-order valence-corrected chi connectivity index (χ2v) is 7.10. The lowest BCUT2D eigenvalue weighted by molar-refractivity contribution is 0.0893. The average Bonchev–Trinajstić information content (AvgIpc) is 3.03. The molecular formula is C20H11Cl2NO2. The first kappa shape index (κ1) is 14.9. The number of rotatable bonds is 1. The molecule has 0 unspecified atom stereocenters. The van der Waals surface area contributed by atoms with Crippen molar-refractivity contribution in [2.45, 2.75) is 12.8 Å². The zero-order chi connectivity index (χ0) is 17.3. The van der Waals surface area contributed by atoms with Crippen molar-refractivity contribution >= 4 is 51.5 Å². The van der Waals surface area contributed by atoms with E-state index in [1.54, 1.807) is 18.2 Å². The topological polar surface area (TPSA) is 37.4 Å². The normalized spacial score (nSPS) is 15.4. The minimum absolute atomic E-state index is 0.197. The summed E-state index contributed by atoms with van der Waals surface area (Å²) in [6.07, 6.45) is 1.89. The summed E-state index contributed by atoms with van der Waals surface area (Å²) >= 11 is 12.3. The highest BCUT2D eigenvalue weighted by Gasteiger charge is 2.36. The molecule has 0 N–H and O–H groups in total. The lowest BCUT2D eigenvalue weighted by Gasteiger charge is -2.28. The monoisotopic (exact) mass is 367 g/mol. The van der Waals surface area contributed by atoms with Gasteiger partial charge in [0.25, 0.3) is 11.8 Å². The van der Waals surface area contributed by atoms with E-state index in [0.717, 1.165) is 28.5 Å². The molecule has 0 radical (unpaired) electrons. The number of nitrogens with zero attached hydrogens (tertiary/aromatic N) is 1. The maximum atomic E-state index is 13.1. The second-order valence-electron chi connectivity index (χ2n) is 6.31. The van der Waals surface area contributed by atoms with E-state index in [1.165, 1.54) is 11.1 Å². The zero-order valence-corrected chi connectivity index (χ0v) is 14.5. The standard InChI is InChI=1S/C20H11Cl2NO2/c21-14-2-1-3-15(18(14)22)23-19(24)12-8-6-10-4-5-11-7-9-13(20(23)25)17(12)16(10)11/h1-3,6-9H,4-5H2. The van der Waals surface area contributed by atoms with Crippen molar-refractivity contribution in [3.63, 3.8) is 0 Å². The molecule has 1 heterocycles. The smallest absolute Gasteiger partial charge is 0.266 e. The quantitative estimate of drug-likeness (QED) is 0.564. The molecule has 5 rings (SSSR count). The Morgan fingerprint density at radius 1 is 0.760 bits per heavy atom. The van der Waals surface area contributed by atoms with Gasteiger partial charge in [-0.2, -0.15) is 0 Å². The number of imide groups is 1. The van der Waals surface area contributed by atoms with Crippen molar-refractivity contribution in [1.29, 1.82) is 0 Å². The lowest BCUT2D eigenvalue weighted by Crippen LogP contribution is -2.40. The summed E-state index contributed by atoms with van der Waals surface area (Å²) in [4.78, 5) is 27.4. The average molecular weight is 368 g/mol. The van der Waals surface area contributed by atoms with Gasteiger partial charge in [-0.15, -0.1) is 0 Å². The summed E-state index contributed by atoms with van der Waals surface area (Å²) in [5.41, 5.74) is 3.78. The van der Waals surface area contributed by atoms with Gasteiger partial charge in [0.05, 0.1) is 15.7 Å². The molecule has 1 aliphatic carbocycles. The highest BCUT2D eigenvalue weighted by Crippen LogP contribution is 2.41. The Morgan fingerprint density at radius 3 is 1.96 bits per heavy atom. The molecule has 5 heteroatoms. The van der Waals surface area contributed by atoms with Gasteiger partial charge in [0.1, 0.15) is 0 Å². The summed E-state index contributed by atoms with van der Waals surface area (Å²) in [7, 11) is 0. The summed E-state index contributed by atoms with van der Waals surface area (Å²) in [5.74, 6) is -0.727. The fourth-order valence-corrected chi connectivity index (χ4v) is 4.28. The molecule has 0 spiro atoms. The SMILES string of the molecule is O=C1c2ccc3c4c(ccc(c24)C(=O)N1c1cccc(Cl)c1Cl)CC3. The first-order chi connectivity index (χ1) is 12.1. The van der Waals surface area contributed by atoms with Gasteiger partial charge >= 0.3 is 0 Å². The molecule has 3 nitrogen and oxygen atoms in total. The van der Waals surface area contributed by atoms with Crippen molar-refractivity contribution in [2.24, 2.45) is 0 Å². The van der Waals surface area contributed by atoms with Crippen molar-refractivity contribution in [2.75, 3.05) is 4.90 Å². The minimum atomic E-state index is -0.364. The van der Waals surface area contributed by atoms with Gasteiger partial charge in [-0.3, -0.25) is 9.59 Å². The van der Waals surface area contributed by atoms with Gasteiger partial charge in [0.2, 0.25) is 0 Å². The van der Waals surface area contributed by atoms with E-state index in [1.807, 2.05) is 24.3 Å². The van der Waals surface area contributed by atoms with Crippen molar-refractivity contribution in [3.05, 3.63) is 74.8 Å². The van der Waals surface area contributed by atoms with Crippen LogP contribution in [0.3, 0.4) is 0 Å². The summed E-state index contributed by atoms with van der Waals surface area (Å²) in [6, 6.07) is 12.5. The van der Waals surface area contributed by atoms with Crippen LogP contribution >= 0.6 is 23.2 Å². The molecule has 0 atom stereocenters. The largest absolute Gasteiger partial charge is 0.268 e. The molecule has 0 bridgehead atoms. The van der Waals surface area contributed by atoms with E-state index in [0.29, 0.717) is 21.8 Å². The number of halogens is 2. The molecule has 3 aromatic rings. The number of carbonyl (C=O) groups excluding carboxylic acids is 2. The molecule has 1 aliphatic heterocycles. The third kappa shape index (κ3) is 1.88. The predicted octanol–water partition coefficient (Wildman–Crippen LogP) is 5.05. The number of amides is 2. The Labute approximate surface area is 153 Å². The van der Waals surface area contributed by atoms with Crippen LogP contribution in [0.15, 0.2) is 42.5 Å². The Morgan fingerprint density at radius 2 is 1.36 bits per heavy atom. The summed E-state index contributed by atoms with van der Waals surface area (Å²) in [5, 5.41) is 2.34. The van der Waals surface area contributed by atoms with E-state index < -0.39 is 0 Å². The number of carbonyl (C=O) groups is 2. The number of anilines is 1. The van der Waals surface area contributed by atoms with Crippen molar-refractivity contribution in [1.82, 2.24) is 0 Å². The molecule has 0 fully saturated rings. The Balaban J connectivity index is 1.82. The van der Waals surface area contributed by atoms with Crippen LogP contribution in [0.2, 0.25) is 10.0 Å². The first-order valence-corrected chi connectivity index (χ1v) is 8.74. The van der Waals surface area contributed by atoms with Crippen LogP contribution in [0, 0.1) is 0 Å². The summed E-state index contributed by atoms with van der Waals surface area (Å²) in [6.45, 7) is 0. The molecule has 0 saturated heterocycles. The Hall–Kier alpha value is -2.36. The van der Waals surface area contributed by atoms with Crippen LogP contribution in [-0.4, -0.2) is 11.8 Å². The lowest BCUT2D eigenvalue weighted by atomic mass is 9.91. The van der Waals surface area contributed by atoms with Crippen LogP contribution in [0.5, 0.6) is 0 Å². The van der Waals surface area contributed by atoms with Crippen LogP contribution in [0.4, 0.5) is 5.69 Å². The van der Waals surface area contributed by atoms with Gasteiger partial charge < -0.3 is 0 Å². The van der Waals surface area contributed by atoms with Gasteiger partial charge in [-0.25, -0.2) is 4.90 Å². The maximum absolute atomic E-state index is 13.1. The highest BCUT2D eigenvalue weighted by atomic mass is 35.5. The molecule has 122 valence electrons. The van der Waals surface area contributed by atoms with Crippen LogP contribution in [-0.2, 0) is 12.8 Å². The third-order valence-corrected chi connectivity index (χ3v) is 5.84. The van der Waals surface area contributed by atoms with E-state index in [-0.39, 0.29) is 16.8 Å². The van der Waals surface area contributed by atoms with Crippen LogP contribution in [0.25, 0.3) is 10.8 Å². The van der Waals surface area contributed by atoms with Gasteiger partial charge in [0.15, 0.2) is 0 Å². The van der Waals surface area contributed by atoms with Gasteiger partial charge in [0, 0.05) is 16.5 Å². The molecule has 3 aromatic carbocycles. The van der Waals surface area contributed by atoms with Crippen molar-refractivity contribution in [3.8, 4) is 0 Å². The summed E-state index contributed by atoms with van der Waals surface area (Å²) < 4.78 is 0. The number of hydrogen-bond donors (Lipinski definition) is 0. The number of benzene rings is 3. The Kier molecular flexibility index (Phi) is 3.03. The van der Waals surface area contributed by atoms with E-state index >= 15 is 0 Å². The minimum Gasteiger partial charge on any atom is -0.268 e. The molecular weight excluding hydrogens is 357 g/mol.